The van der Waals surface area contributed by atoms with Gasteiger partial charge in [-0.1, -0.05) is 23.8 Å². The molecule has 186 valence electrons. The molecule has 0 aromatic heterocycles. The first-order chi connectivity index (χ1) is 17.5. The van der Waals surface area contributed by atoms with Crippen LogP contribution in [0.2, 0.25) is 0 Å². The highest BCUT2D eigenvalue weighted by molar-refractivity contribution is 6.04. The van der Waals surface area contributed by atoms with Gasteiger partial charge >= 0.3 is 0 Å². The van der Waals surface area contributed by atoms with Gasteiger partial charge in [-0.2, -0.15) is 0 Å². The quantitative estimate of drug-likeness (QED) is 0.362. The van der Waals surface area contributed by atoms with Gasteiger partial charge in [0.15, 0.2) is 0 Å². The average molecular weight is 487 g/mol. The van der Waals surface area contributed by atoms with E-state index in [4.69, 9.17) is 4.74 Å². The van der Waals surface area contributed by atoms with Crippen molar-refractivity contribution < 1.29 is 19.1 Å². The molecule has 3 amide bonds. The van der Waals surface area contributed by atoms with E-state index in [2.05, 4.69) is 21.3 Å². The smallest absolute Gasteiger partial charge is 0.255 e. The van der Waals surface area contributed by atoms with Crippen molar-refractivity contribution in [2.24, 2.45) is 0 Å². The van der Waals surface area contributed by atoms with E-state index in [1.54, 1.807) is 54.6 Å². The Morgan fingerprint density at radius 1 is 0.833 bits per heavy atom. The molecule has 1 aliphatic heterocycles. The third-order valence-corrected chi connectivity index (χ3v) is 5.80. The van der Waals surface area contributed by atoms with E-state index in [1.807, 2.05) is 25.1 Å². The average Bonchev–Trinajstić information content (AvgIpc) is 3.41. The first-order valence-electron chi connectivity index (χ1n) is 12.0. The monoisotopic (exact) mass is 486 g/mol. The van der Waals surface area contributed by atoms with Crippen LogP contribution in [-0.4, -0.2) is 43.5 Å². The Morgan fingerprint density at radius 3 is 2.28 bits per heavy atom. The van der Waals surface area contributed by atoms with Crippen molar-refractivity contribution in [1.29, 1.82) is 0 Å². The van der Waals surface area contributed by atoms with E-state index >= 15 is 0 Å². The van der Waals surface area contributed by atoms with Crippen molar-refractivity contribution in [3.05, 3.63) is 89.5 Å². The molecule has 1 saturated heterocycles. The van der Waals surface area contributed by atoms with Gasteiger partial charge in [0, 0.05) is 41.3 Å². The molecule has 1 unspecified atom stereocenters. The zero-order valence-electron chi connectivity index (χ0n) is 20.2. The first-order valence-corrected chi connectivity index (χ1v) is 12.0. The molecule has 4 rings (SSSR count). The Labute approximate surface area is 210 Å². The number of amides is 3. The highest BCUT2D eigenvalue weighted by atomic mass is 16.5. The number of hydrogen-bond donors (Lipinski definition) is 4. The van der Waals surface area contributed by atoms with Crippen molar-refractivity contribution in [3.8, 4) is 0 Å². The lowest BCUT2D eigenvalue weighted by molar-refractivity contribution is -0.114. The summed E-state index contributed by atoms with van der Waals surface area (Å²) in [5.74, 6) is -0.625. The fraction of sp³-hybridized carbons (Fsp3) is 0.250. The van der Waals surface area contributed by atoms with Crippen LogP contribution in [0.1, 0.15) is 39.1 Å². The highest BCUT2D eigenvalue weighted by Crippen LogP contribution is 2.16. The van der Waals surface area contributed by atoms with Gasteiger partial charge in [-0.05, 0) is 74.4 Å². The van der Waals surface area contributed by atoms with E-state index in [9.17, 15) is 14.4 Å². The minimum Gasteiger partial charge on any atom is -0.376 e. The predicted molar refractivity (Wildman–Crippen MR) is 140 cm³/mol. The summed E-state index contributed by atoms with van der Waals surface area (Å²) >= 11 is 0. The molecule has 0 aliphatic carbocycles. The molecule has 1 atom stereocenters. The number of hydrogen-bond acceptors (Lipinski definition) is 5. The van der Waals surface area contributed by atoms with E-state index in [0.717, 1.165) is 30.7 Å². The maximum absolute atomic E-state index is 12.4. The third kappa shape index (κ3) is 7.16. The highest BCUT2D eigenvalue weighted by Gasteiger charge is 2.17. The summed E-state index contributed by atoms with van der Waals surface area (Å²) in [7, 11) is 0. The molecule has 8 nitrogen and oxygen atoms in total. The number of ether oxygens (including phenoxy) is 1. The van der Waals surface area contributed by atoms with Gasteiger partial charge in [-0.15, -0.1) is 0 Å². The summed E-state index contributed by atoms with van der Waals surface area (Å²) in [5.41, 5.74) is 4.03. The largest absolute Gasteiger partial charge is 0.376 e. The molecule has 3 aromatic rings. The second-order valence-corrected chi connectivity index (χ2v) is 8.73. The molecule has 0 radical (unpaired) electrons. The number of carbonyl (C=O) groups excluding carboxylic acids is 3. The van der Waals surface area contributed by atoms with Crippen molar-refractivity contribution in [2.75, 3.05) is 35.6 Å². The third-order valence-electron chi connectivity index (χ3n) is 5.80. The molecule has 1 aliphatic rings. The van der Waals surface area contributed by atoms with Crippen LogP contribution < -0.4 is 21.3 Å². The lowest BCUT2D eigenvalue weighted by Gasteiger charge is -2.12. The summed E-state index contributed by atoms with van der Waals surface area (Å²) in [5, 5.41) is 11.6. The number of anilines is 3. The van der Waals surface area contributed by atoms with Crippen LogP contribution in [-0.2, 0) is 9.53 Å². The summed E-state index contributed by atoms with van der Waals surface area (Å²) < 4.78 is 5.53. The van der Waals surface area contributed by atoms with Crippen molar-refractivity contribution in [3.63, 3.8) is 0 Å². The Kier molecular flexibility index (Phi) is 8.31. The minimum atomic E-state index is -0.247. The molecule has 0 bridgehead atoms. The Bertz CT molecular complexity index is 1220. The second-order valence-electron chi connectivity index (χ2n) is 8.73. The number of aryl methyl sites for hydroxylation is 1. The zero-order valence-corrected chi connectivity index (χ0v) is 20.2. The molecule has 3 aromatic carbocycles. The van der Waals surface area contributed by atoms with Gasteiger partial charge in [0.2, 0.25) is 5.91 Å². The molecule has 36 heavy (non-hydrogen) atoms. The molecule has 0 spiro atoms. The van der Waals surface area contributed by atoms with Crippen LogP contribution in [0.4, 0.5) is 17.1 Å². The number of nitrogens with one attached hydrogen (secondary N) is 4. The van der Waals surface area contributed by atoms with Gasteiger partial charge < -0.3 is 26.0 Å². The minimum absolute atomic E-state index is 0.0461. The lowest BCUT2D eigenvalue weighted by atomic mass is 10.1. The molecule has 1 fully saturated rings. The van der Waals surface area contributed by atoms with Crippen molar-refractivity contribution >= 4 is 34.8 Å². The zero-order chi connectivity index (χ0) is 25.3. The van der Waals surface area contributed by atoms with Crippen molar-refractivity contribution in [1.82, 2.24) is 5.32 Å². The first kappa shape index (κ1) is 24.9. The summed E-state index contributed by atoms with van der Waals surface area (Å²) in [4.78, 5) is 37.2. The van der Waals surface area contributed by atoms with Crippen LogP contribution >= 0.6 is 0 Å². The van der Waals surface area contributed by atoms with Gasteiger partial charge in [-0.25, -0.2) is 0 Å². The van der Waals surface area contributed by atoms with Crippen LogP contribution in [0.3, 0.4) is 0 Å². The van der Waals surface area contributed by atoms with E-state index < -0.39 is 0 Å². The van der Waals surface area contributed by atoms with Crippen LogP contribution in [0.15, 0.2) is 72.8 Å². The second kappa shape index (κ2) is 12.0. The predicted octanol–water partition coefficient (Wildman–Crippen LogP) is 4.21. The van der Waals surface area contributed by atoms with Gasteiger partial charge in [0.1, 0.15) is 0 Å². The SMILES string of the molecule is Cc1cccc(C(=O)Nc2ccc(NCC(=O)Nc3cccc(C(=O)NCC4CCCO4)c3)cc2)c1. The number of benzene rings is 3. The fourth-order valence-corrected chi connectivity index (χ4v) is 3.90. The van der Waals surface area contributed by atoms with E-state index in [-0.39, 0.29) is 30.4 Å². The summed E-state index contributed by atoms with van der Waals surface area (Å²) in [6.07, 6.45) is 2.04. The molecular formula is C28H30N4O4. The maximum Gasteiger partial charge on any atom is 0.255 e. The lowest BCUT2D eigenvalue weighted by Crippen LogP contribution is -2.31. The molecular weight excluding hydrogens is 456 g/mol. The normalized spacial score (nSPS) is 14.6. The van der Waals surface area contributed by atoms with Gasteiger partial charge in [0.25, 0.3) is 11.8 Å². The van der Waals surface area contributed by atoms with Crippen molar-refractivity contribution in [2.45, 2.75) is 25.9 Å². The van der Waals surface area contributed by atoms with Gasteiger partial charge in [-0.3, -0.25) is 14.4 Å². The fourth-order valence-electron chi connectivity index (χ4n) is 3.90. The summed E-state index contributed by atoms with van der Waals surface area (Å²) in [6, 6.07) is 21.3. The van der Waals surface area contributed by atoms with E-state index in [0.29, 0.717) is 29.0 Å². The van der Waals surface area contributed by atoms with Gasteiger partial charge in [0.05, 0.1) is 12.6 Å². The van der Waals surface area contributed by atoms with E-state index in [1.165, 1.54) is 0 Å². The maximum atomic E-state index is 12.4. The molecule has 4 N–H and O–H groups in total. The van der Waals surface area contributed by atoms with Crippen LogP contribution in [0.5, 0.6) is 0 Å². The topological polar surface area (TPSA) is 109 Å². The Hall–Kier alpha value is -4.17. The molecule has 1 heterocycles. The Balaban J connectivity index is 1.23. The number of rotatable bonds is 9. The van der Waals surface area contributed by atoms with Crippen LogP contribution in [0.25, 0.3) is 0 Å². The molecule has 0 saturated carbocycles. The standard InChI is InChI=1S/C28H30N4O4/c1-19-5-2-6-20(15-19)28(35)32-23-12-10-22(11-13-23)29-18-26(33)31-24-8-3-7-21(16-24)27(34)30-17-25-9-4-14-36-25/h2-3,5-8,10-13,15-16,25,29H,4,9,14,17-18H2,1H3,(H,30,34)(H,31,33)(H,32,35). The molecule has 8 heteroatoms. The Morgan fingerprint density at radius 2 is 1.56 bits per heavy atom. The van der Waals surface area contributed by atoms with Crippen LogP contribution in [0, 0.1) is 6.92 Å². The summed E-state index contributed by atoms with van der Waals surface area (Å²) in [6.45, 7) is 3.21. The number of carbonyl (C=O) groups is 3.